The van der Waals surface area contributed by atoms with Crippen molar-refractivity contribution in [1.29, 1.82) is 0 Å². The lowest BCUT2D eigenvalue weighted by atomic mass is 10.1. The number of thioether (sulfide) groups is 1. The summed E-state index contributed by atoms with van der Waals surface area (Å²) in [6.45, 7) is 9.05. The highest BCUT2D eigenvalue weighted by Crippen LogP contribution is 2.33. The normalized spacial score (nSPS) is 12.3. The van der Waals surface area contributed by atoms with Crippen LogP contribution in [0.4, 0.5) is 5.69 Å². The Morgan fingerprint density at radius 2 is 1.60 bits per heavy atom. The molecular weight excluding hydrogens is 606 g/mol. The SMILES string of the molecule is CCOc1ccccc1N(CC(=O)N(Cc1ccc(Cl)cc1)[C@@H](CC)C(=O)NC(C)(C)C)S(=O)(=O)c1ccc(SC)cc1. The summed E-state index contributed by atoms with van der Waals surface area (Å²) in [5, 5.41) is 3.51. The first-order chi connectivity index (χ1) is 20.3. The van der Waals surface area contributed by atoms with Crippen LogP contribution >= 0.6 is 23.4 Å². The zero-order valence-corrected chi connectivity index (χ0v) is 27.9. The van der Waals surface area contributed by atoms with Crippen molar-refractivity contribution in [2.24, 2.45) is 0 Å². The predicted octanol–water partition coefficient (Wildman–Crippen LogP) is 6.38. The van der Waals surface area contributed by atoms with Gasteiger partial charge in [-0.3, -0.25) is 13.9 Å². The predicted molar refractivity (Wildman–Crippen MR) is 174 cm³/mol. The maximum absolute atomic E-state index is 14.3. The Balaban J connectivity index is 2.12. The molecule has 0 bridgehead atoms. The summed E-state index contributed by atoms with van der Waals surface area (Å²) in [7, 11) is -4.23. The van der Waals surface area contributed by atoms with Crippen LogP contribution in [0.5, 0.6) is 5.75 Å². The van der Waals surface area contributed by atoms with Gasteiger partial charge in [0.05, 0.1) is 17.2 Å². The number of rotatable bonds is 13. The van der Waals surface area contributed by atoms with Crippen LogP contribution in [0.3, 0.4) is 0 Å². The first kappa shape index (κ1) is 34.3. The van der Waals surface area contributed by atoms with Crippen molar-refractivity contribution >= 4 is 50.9 Å². The number of sulfonamides is 1. The van der Waals surface area contributed by atoms with Crippen molar-refractivity contribution in [2.45, 2.75) is 69.0 Å². The van der Waals surface area contributed by atoms with Crippen molar-refractivity contribution in [1.82, 2.24) is 10.2 Å². The van der Waals surface area contributed by atoms with Gasteiger partial charge in [0.1, 0.15) is 18.3 Å². The molecule has 0 spiro atoms. The number of benzene rings is 3. The number of anilines is 1. The number of amides is 2. The first-order valence-electron chi connectivity index (χ1n) is 14.0. The van der Waals surface area contributed by atoms with Gasteiger partial charge in [-0.25, -0.2) is 8.42 Å². The number of carbonyl (C=O) groups excluding carboxylic acids is 2. The molecule has 2 amide bonds. The average molecular weight is 646 g/mol. The summed E-state index contributed by atoms with van der Waals surface area (Å²) in [5.41, 5.74) is 0.440. The summed E-state index contributed by atoms with van der Waals surface area (Å²) < 4.78 is 35.3. The minimum atomic E-state index is -4.23. The van der Waals surface area contributed by atoms with E-state index >= 15 is 0 Å². The monoisotopic (exact) mass is 645 g/mol. The highest BCUT2D eigenvalue weighted by molar-refractivity contribution is 7.98. The number of halogens is 1. The van der Waals surface area contributed by atoms with E-state index in [2.05, 4.69) is 5.32 Å². The van der Waals surface area contributed by atoms with E-state index in [0.717, 1.165) is 14.8 Å². The van der Waals surface area contributed by atoms with Crippen molar-refractivity contribution in [3.8, 4) is 5.75 Å². The second-order valence-electron chi connectivity index (χ2n) is 10.9. The van der Waals surface area contributed by atoms with Gasteiger partial charge in [0, 0.05) is 22.0 Å². The molecule has 232 valence electrons. The maximum Gasteiger partial charge on any atom is 0.264 e. The molecule has 0 saturated carbocycles. The summed E-state index contributed by atoms with van der Waals surface area (Å²) in [5.74, 6) is -0.542. The van der Waals surface area contributed by atoms with E-state index in [1.165, 1.54) is 28.8 Å². The molecule has 11 heteroatoms. The Bertz CT molecular complexity index is 1490. The van der Waals surface area contributed by atoms with Crippen LogP contribution in [0.2, 0.25) is 5.02 Å². The van der Waals surface area contributed by atoms with Gasteiger partial charge in [-0.05, 0) is 94.5 Å². The molecule has 0 unspecified atom stereocenters. The van der Waals surface area contributed by atoms with Crippen LogP contribution in [0.25, 0.3) is 0 Å². The number of ether oxygens (including phenoxy) is 1. The van der Waals surface area contributed by atoms with Crippen molar-refractivity contribution in [3.63, 3.8) is 0 Å². The summed E-state index contributed by atoms with van der Waals surface area (Å²) >= 11 is 7.59. The molecular formula is C32H40ClN3O5S2. The zero-order chi connectivity index (χ0) is 31.8. The van der Waals surface area contributed by atoms with Gasteiger partial charge >= 0.3 is 0 Å². The Morgan fingerprint density at radius 3 is 2.16 bits per heavy atom. The standard InChI is InChI=1S/C32H40ClN3O5S2/c1-7-27(31(38)34-32(3,4)5)35(21-23-13-15-24(33)16-14-23)30(37)22-36(28-11-9-10-12-29(28)41-8-2)43(39,40)26-19-17-25(42-6)18-20-26/h9-20,27H,7-8,21-22H2,1-6H3,(H,34,38)/t27-/m0/s1. The molecule has 3 aromatic rings. The lowest BCUT2D eigenvalue weighted by Gasteiger charge is -2.35. The third kappa shape index (κ3) is 9.14. The number of para-hydroxylation sites is 2. The smallest absolute Gasteiger partial charge is 0.264 e. The Hall–Kier alpha value is -3.21. The quantitative estimate of drug-likeness (QED) is 0.217. The number of hydrogen-bond acceptors (Lipinski definition) is 6. The highest BCUT2D eigenvalue weighted by atomic mass is 35.5. The fourth-order valence-electron chi connectivity index (χ4n) is 4.49. The van der Waals surface area contributed by atoms with E-state index in [0.29, 0.717) is 23.8 Å². The van der Waals surface area contributed by atoms with Gasteiger partial charge in [0.15, 0.2) is 0 Å². The van der Waals surface area contributed by atoms with Crippen molar-refractivity contribution in [3.05, 3.63) is 83.4 Å². The maximum atomic E-state index is 14.3. The minimum absolute atomic E-state index is 0.0335. The zero-order valence-electron chi connectivity index (χ0n) is 25.5. The molecule has 0 aliphatic heterocycles. The van der Waals surface area contributed by atoms with Crippen LogP contribution < -0.4 is 14.4 Å². The van der Waals surface area contributed by atoms with Gasteiger partial charge < -0.3 is 15.0 Å². The number of nitrogens with zero attached hydrogens (tertiary/aromatic N) is 2. The molecule has 1 atom stereocenters. The van der Waals surface area contributed by atoms with Gasteiger partial charge in [0.2, 0.25) is 11.8 Å². The number of carbonyl (C=O) groups is 2. The molecule has 0 aliphatic carbocycles. The molecule has 3 rings (SSSR count). The second kappa shape index (κ2) is 15.0. The van der Waals surface area contributed by atoms with E-state index in [1.54, 1.807) is 67.6 Å². The van der Waals surface area contributed by atoms with Crippen LogP contribution in [-0.4, -0.2) is 56.1 Å². The van der Waals surface area contributed by atoms with Gasteiger partial charge in [-0.2, -0.15) is 0 Å². The van der Waals surface area contributed by atoms with Crippen molar-refractivity contribution in [2.75, 3.05) is 23.7 Å². The number of hydrogen-bond donors (Lipinski definition) is 1. The molecule has 0 heterocycles. The van der Waals surface area contributed by atoms with Crippen LogP contribution in [0.1, 0.15) is 46.6 Å². The highest BCUT2D eigenvalue weighted by Gasteiger charge is 2.35. The topological polar surface area (TPSA) is 96.0 Å². The van der Waals surface area contributed by atoms with E-state index in [9.17, 15) is 18.0 Å². The molecule has 0 saturated heterocycles. The van der Waals surface area contributed by atoms with Crippen molar-refractivity contribution < 1.29 is 22.7 Å². The lowest BCUT2D eigenvalue weighted by Crippen LogP contribution is -2.55. The Kier molecular flexibility index (Phi) is 12.0. The fourth-order valence-corrected chi connectivity index (χ4v) is 6.45. The van der Waals surface area contributed by atoms with Gasteiger partial charge in [-0.15, -0.1) is 11.8 Å². The van der Waals surface area contributed by atoms with E-state index in [4.69, 9.17) is 16.3 Å². The van der Waals surface area contributed by atoms with Crippen LogP contribution in [0, 0.1) is 0 Å². The summed E-state index contributed by atoms with van der Waals surface area (Å²) in [6, 6.07) is 19.3. The summed E-state index contributed by atoms with van der Waals surface area (Å²) in [4.78, 5) is 30.1. The summed E-state index contributed by atoms with van der Waals surface area (Å²) in [6.07, 6.45) is 2.22. The first-order valence-corrected chi connectivity index (χ1v) is 17.1. The Labute approximate surface area is 264 Å². The van der Waals surface area contributed by atoms with E-state index in [1.807, 2.05) is 34.0 Å². The van der Waals surface area contributed by atoms with Gasteiger partial charge in [-0.1, -0.05) is 42.8 Å². The fraction of sp³-hybridized carbons (Fsp3) is 0.375. The van der Waals surface area contributed by atoms with E-state index in [-0.39, 0.29) is 23.0 Å². The molecule has 43 heavy (non-hydrogen) atoms. The molecule has 0 radical (unpaired) electrons. The molecule has 0 aliphatic rings. The number of nitrogens with one attached hydrogen (secondary N) is 1. The minimum Gasteiger partial charge on any atom is -0.492 e. The molecule has 8 nitrogen and oxygen atoms in total. The molecule has 3 aromatic carbocycles. The third-order valence-corrected chi connectivity index (χ3v) is 9.28. The third-order valence-electron chi connectivity index (χ3n) is 6.51. The molecule has 0 fully saturated rings. The largest absolute Gasteiger partial charge is 0.492 e. The average Bonchev–Trinajstić information content (AvgIpc) is 2.96. The Morgan fingerprint density at radius 1 is 0.977 bits per heavy atom. The van der Waals surface area contributed by atoms with Crippen LogP contribution in [-0.2, 0) is 26.2 Å². The van der Waals surface area contributed by atoms with E-state index < -0.39 is 34.1 Å². The van der Waals surface area contributed by atoms with Crippen LogP contribution in [0.15, 0.2) is 82.6 Å². The lowest BCUT2D eigenvalue weighted by molar-refractivity contribution is -0.141. The van der Waals surface area contributed by atoms with Gasteiger partial charge in [0.25, 0.3) is 10.0 Å². The molecule has 0 aromatic heterocycles. The second-order valence-corrected chi connectivity index (χ2v) is 14.1. The molecule has 1 N–H and O–H groups in total.